The molecule has 2 nitrogen and oxygen atoms in total. The third-order valence-corrected chi connectivity index (χ3v) is 2.78. The van der Waals surface area contributed by atoms with Crippen molar-refractivity contribution in [3.05, 3.63) is 0 Å². The highest BCUT2D eigenvalue weighted by Crippen LogP contribution is 2.28. The third kappa shape index (κ3) is 6.27. The van der Waals surface area contributed by atoms with Gasteiger partial charge in [0.2, 0.25) is 0 Å². The first-order chi connectivity index (χ1) is 6.79. The van der Waals surface area contributed by atoms with Crippen LogP contribution in [0.3, 0.4) is 0 Å². The molecule has 0 fully saturated rings. The summed E-state index contributed by atoms with van der Waals surface area (Å²) in [6.45, 7) is 5.04. The number of ether oxygens (including phenoxy) is 1. The summed E-state index contributed by atoms with van der Waals surface area (Å²) in [6, 6.07) is 0. The fourth-order valence-corrected chi connectivity index (χ4v) is 2.25. The van der Waals surface area contributed by atoms with Gasteiger partial charge in [-0.25, -0.2) is 4.79 Å². The first-order valence-corrected chi connectivity index (χ1v) is 6.27. The molecule has 0 heterocycles. The Morgan fingerprint density at radius 1 is 1.47 bits per heavy atom. The molecule has 0 N–H and O–H groups in total. The van der Waals surface area contributed by atoms with Crippen molar-refractivity contribution in [1.82, 2.24) is 0 Å². The average Bonchev–Trinajstić information content (AvgIpc) is 2.01. The summed E-state index contributed by atoms with van der Waals surface area (Å²) < 4.78 is 30.9. The van der Waals surface area contributed by atoms with E-state index in [0.717, 1.165) is 6.42 Å². The molecule has 1 unspecified atom stereocenters. The van der Waals surface area contributed by atoms with Crippen LogP contribution in [0.25, 0.3) is 0 Å². The lowest BCUT2D eigenvalue weighted by Gasteiger charge is -2.19. The molecule has 0 aromatic carbocycles. The smallest absolute Gasteiger partial charge is 0.377 e. The van der Waals surface area contributed by atoms with Crippen LogP contribution in [0.4, 0.5) is 8.78 Å². The van der Waals surface area contributed by atoms with Crippen LogP contribution >= 0.6 is 22.6 Å². The molecular formula is C10H17F2IO2. The van der Waals surface area contributed by atoms with Crippen LogP contribution in [0.2, 0.25) is 0 Å². The van der Waals surface area contributed by atoms with Crippen molar-refractivity contribution < 1.29 is 18.3 Å². The minimum atomic E-state index is -3.36. The van der Waals surface area contributed by atoms with Gasteiger partial charge in [-0.3, -0.25) is 0 Å². The SMILES string of the molecule is CCCC(I)CC(F)(F)C(=O)OC(C)C. The van der Waals surface area contributed by atoms with Gasteiger partial charge in [0.15, 0.2) is 0 Å². The monoisotopic (exact) mass is 334 g/mol. The van der Waals surface area contributed by atoms with E-state index in [0.29, 0.717) is 6.42 Å². The first kappa shape index (κ1) is 15.1. The van der Waals surface area contributed by atoms with Crippen molar-refractivity contribution in [2.75, 3.05) is 0 Å². The largest absolute Gasteiger partial charge is 0.459 e. The number of rotatable bonds is 6. The molecule has 15 heavy (non-hydrogen) atoms. The van der Waals surface area contributed by atoms with Gasteiger partial charge in [-0.1, -0.05) is 35.9 Å². The van der Waals surface area contributed by atoms with Crippen LogP contribution < -0.4 is 0 Å². The molecule has 0 radical (unpaired) electrons. The van der Waals surface area contributed by atoms with E-state index in [1.807, 2.05) is 29.5 Å². The van der Waals surface area contributed by atoms with E-state index >= 15 is 0 Å². The summed E-state index contributed by atoms with van der Waals surface area (Å²) in [5.74, 6) is -4.76. The molecule has 0 amide bonds. The summed E-state index contributed by atoms with van der Waals surface area (Å²) in [4.78, 5) is 11.0. The summed E-state index contributed by atoms with van der Waals surface area (Å²) in [6.07, 6.45) is 0.586. The maximum atomic E-state index is 13.3. The van der Waals surface area contributed by atoms with E-state index in [-0.39, 0.29) is 3.92 Å². The molecule has 90 valence electrons. The van der Waals surface area contributed by atoms with E-state index < -0.39 is 24.4 Å². The highest BCUT2D eigenvalue weighted by Gasteiger charge is 2.42. The fraction of sp³-hybridized carbons (Fsp3) is 0.900. The Kier molecular flexibility index (Phi) is 6.63. The second kappa shape index (κ2) is 6.60. The van der Waals surface area contributed by atoms with E-state index in [2.05, 4.69) is 4.74 Å². The van der Waals surface area contributed by atoms with Crippen molar-refractivity contribution in [3.63, 3.8) is 0 Å². The Labute approximate surface area is 103 Å². The van der Waals surface area contributed by atoms with Gasteiger partial charge >= 0.3 is 11.9 Å². The van der Waals surface area contributed by atoms with Gasteiger partial charge in [0.05, 0.1) is 6.10 Å². The molecule has 0 spiro atoms. The molecule has 0 saturated carbocycles. The van der Waals surface area contributed by atoms with Crippen molar-refractivity contribution in [1.29, 1.82) is 0 Å². The normalized spacial score (nSPS) is 14.1. The minimum Gasteiger partial charge on any atom is -0.459 e. The van der Waals surface area contributed by atoms with Gasteiger partial charge in [0.1, 0.15) is 0 Å². The summed E-state index contributed by atoms with van der Waals surface area (Å²) in [5.41, 5.74) is 0. The maximum absolute atomic E-state index is 13.3. The Hall–Kier alpha value is 0.0600. The highest BCUT2D eigenvalue weighted by molar-refractivity contribution is 14.1. The van der Waals surface area contributed by atoms with Gasteiger partial charge < -0.3 is 4.74 Å². The number of halogens is 3. The van der Waals surface area contributed by atoms with Crippen LogP contribution in [0.5, 0.6) is 0 Å². The van der Waals surface area contributed by atoms with Gasteiger partial charge in [0, 0.05) is 10.3 Å². The van der Waals surface area contributed by atoms with Crippen LogP contribution in [0.15, 0.2) is 0 Å². The lowest BCUT2D eigenvalue weighted by Crippen LogP contribution is -2.34. The molecule has 0 aliphatic heterocycles. The molecular weight excluding hydrogens is 317 g/mol. The van der Waals surface area contributed by atoms with Crippen LogP contribution in [-0.4, -0.2) is 21.9 Å². The van der Waals surface area contributed by atoms with E-state index in [1.54, 1.807) is 13.8 Å². The second-order valence-electron chi connectivity index (χ2n) is 3.75. The Morgan fingerprint density at radius 3 is 2.40 bits per heavy atom. The first-order valence-electron chi connectivity index (χ1n) is 5.02. The Bertz CT molecular complexity index is 208. The standard InChI is InChI=1S/C10H17F2IO2/c1-4-5-8(13)6-10(11,12)9(14)15-7(2)3/h7-8H,4-6H2,1-3H3. The Balaban J connectivity index is 4.21. The third-order valence-electron chi connectivity index (χ3n) is 1.72. The molecule has 0 bridgehead atoms. The molecule has 5 heteroatoms. The van der Waals surface area contributed by atoms with Crippen molar-refractivity contribution in [2.45, 2.75) is 56.0 Å². The number of esters is 1. The van der Waals surface area contributed by atoms with E-state index in [9.17, 15) is 13.6 Å². The number of alkyl halides is 3. The topological polar surface area (TPSA) is 26.3 Å². The van der Waals surface area contributed by atoms with Crippen molar-refractivity contribution in [2.24, 2.45) is 0 Å². The number of carbonyl (C=O) groups is 1. The Morgan fingerprint density at radius 2 is 2.00 bits per heavy atom. The predicted octanol–water partition coefficient (Wildman–Crippen LogP) is 3.57. The number of hydrogen-bond acceptors (Lipinski definition) is 2. The quantitative estimate of drug-likeness (QED) is 0.422. The fourth-order valence-electron chi connectivity index (χ4n) is 1.08. The zero-order valence-corrected chi connectivity index (χ0v) is 11.4. The summed E-state index contributed by atoms with van der Waals surface area (Å²) in [5, 5.41) is 0. The van der Waals surface area contributed by atoms with Gasteiger partial charge in [-0.05, 0) is 20.3 Å². The molecule has 0 saturated heterocycles. The molecule has 0 rings (SSSR count). The van der Waals surface area contributed by atoms with Crippen molar-refractivity contribution in [3.8, 4) is 0 Å². The maximum Gasteiger partial charge on any atom is 0.377 e. The lowest BCUT2D eigenvalue weighted by atomic mass is 10.1. The number of hydrogen-bond donors (Lipinski definition) is 0. The van der Waals surface area contributed by atoms with Gasteiger partial charge in [0.25, 0.3) is 0 Å². The van der Waals surface area contributed by atoms with E-state index in [1.165, 1.54) is 0 Å². The zero-order chi connectivity index (χ0) is 12.1. The predicted molar refractivity (Wildman–Crippen MR) is 63.5 cm³/mol. The van der Waals surface area contributed by atoms with Gasteiger partial charge in [-0.2, -0.15) is 8.78 Å². The van der Waals surface area contributed by atoms with E-state index in [4.69, 9.17) is 0 Å². The zero-order valence-electron chi connectivity index (χ0n) is 9.23. The van der Waals surface area contributed by atoms with Crippen LogP contribution in [0.1, 0.15) is 40.0 Å². The molecule has 0 aromatic rings. The van der Waals surface area contributed by atoms with Crippen LogP contribution in [-0.2, 0) is 9.53 Å². The minimum absolute atomic E-state index is 0.192. The van der Waals surface area contributed by atoms with Crippen LogP contribution in [0, 0.1) is 0 Å². The van der Waals surface area contributed by atoms with Crippen molar-refractivity contribution >= 4 is 28.6 Å². The highest BCUT2D eigenvalue weighted by atomic mass is 127. The summed E-state index contributed by atoms with van der Waals surface area (Å²) in [7, 11) is 0. The number of carbonyl (C=O) groups excluding carboxylic acids is 1. The molecule has 1 atom stereocenters. The van der Waals surface area contributed by atoms with Gasteiger partial charge in [-0.15, -0.1) is 0 Å². The second-order valence-corrected chi connectivity index (χ2v) is 5.51. The molecule has 0 aliphatic carbocycles. The molecule has 0 aliphatic rings. The summed E-state index contributed by atoms with van der Waals surface area (Å²) >= 11 is 1.95. The lowest BCUT2D eigenvalue weighted by molar-refractivity contribution is -0.176. The molecule has 0 aromatic heterocycles. The average molecular weight is 334 g/mol.